The van der Waals surface area contributed by atoms with E-state index in [0.717, 1.165) is 35.5 Å². The smallest absolute Gasteiger partial charge is 0.131 e. The molecule has 20 heavy (non-hydrogen) atoms. The normalized spacial score (nSPS) is 14.4. The molecule has 2 aromatic rings. The van der Waals surface area contributed by atoms with Crippen LogP contribution < -0.4 is 10.1 Å². The SMILES string of the molecule is CCc1ccccc1OCc1csc(CNC2CC2)n1. The Balaban J connectivity index is 1.54. The molecular formula is C16H20N2OS. The number of aryl methyl sites for hydroxylation is 1. The molecule has 0 unspecified atom stereocenters. The van der Waals surface area contributed by atoms with Crippen LogP contribution in [0.3, 0.4) is 0 Å². The number of benzene rings is 1. The Bertz CT molecular complexity index is 563. The van der Waals surface area contributed by atoms with Crippen LogP contribution in [0.1, 0.15) is 36.0 Å². The van der Waals surface area contributed by atoms with E-state index in [1.165, 1.54) is 18.4 Å². The minimum absolute atomic E-state index is 0.553. The lowest BCUT2D eigenvalue weighted by atomic mass is 10.1. The zero-order valence-corrected chi connectivity index (χ0v) is 12.6. The fraction of sp³-hybridized carbons (Fsp3) is 0.438. The molecule has 0 aliphatic heterocycles. The van der Waals surface area contributed by atoms with Crippen molar-refractivity contribution in [2.24, 2.45) is 0 Å². The van der Waals surface area contributed by atoms with Crippen molar-refractivity contribution in [3.63, 3.8) is 0 Å². The monoisotopic (exact) mass is 288 g/mol. The summed E-state index contributed by atoms with van der Waals surface area (Å²) in [5.41, 5.74) is 2.27. The summed E-state index contributed by atoms with van der Waals surface area (Å²) in [6.07, 6.45) is 3.62. The van der Waals surface area contributed by atoms with Crippen LogP contribution >= 0.6 is 11.3 Å². The van der Waals surface area contributed by atoms with Crippen LogP contribution in [0, 0.1) is 0 Å². The fourth-order valence-electron chi connectivity index (χ4n) is 2.10. The molecule has 1 aromatic heterocycles. The largest absolute Gasteiger partial charge is 0.487 e. The lowest BCUT2D eigenvalue weighted by Crippen LogP contribution is -2.15. The number of para-hydroxylation sites is 1. The molecule has 0 radical (unpaired) electrons. The molecule has 3 nitrogen and oxygen atoms in total. The average Bonchev–Trinajstić information content (AvgIpc) is 3.21. The topological polar surface area (TPSA) is 34.1 Å². The van der Waals surface area contributed by atoms with Crippen LogP contribution in [0.5, 0.6) is 5.75 Å². The summed E-state index contributed by atoms with van der Waals surface area (Å²) < 4.78 is 5.89. The molecule has 0 amide bonds. The van der Waals surface area contributed by atoms with Gasteiger partial charge in [0.1, 0.15) is 17.4 Å². The van der Waals surface area contributed by atoms with Crippen molar-refractivity contribution in [1.82, 2.24) is 10.3 Å². The summed E-state index contributed by atoms with van der Waals surface area (Å²) in [5.74, 6) is 0.973. The quantitative estimate of drug-likeness (QED) is 0.846. The van der Waals surface area contributed by atoms with Crippen LogP contribution in [0.15, 0.2) is 29.6 Å². The van der Waals surface area contributed by atoms with Gasteiger partial charge in [0.15, 0.2) is 0 Å². The molecular weight excluding hydrogens is 268 g/mol. The van der Waals surface area contributed by atoms with Gasteiger partial charge in [-0.25, -0.2) is 4.98 Å². The number of hydrogen-bond donors (Lipinski definition) is 1. The minimum Gasteiger partial charge on any atom is -0.487 e. The van der Waals surface area contributed by atoms with E-state index in [9.17, 15) is 0 Å². The van der Waals surface area contributed by atoms with Gasteiger partial charge in [-0.3, -0.25) is 0 Å². The van der Waals surface area contributed by atoms with Crippen molar-refractivity contribution in [3.8, 4) is 5.75 Å². The van der Waals surface area contributed by atoms with Gasteiger partial charge in [0, 0.05) is 18.0 Å². The van der Waals surface area contributed by atoms with E-state index >= 15 is 0 Å². The Morgan fingerprint density at radius 2 is 2.20 bits per heavy atom. The van der Waals surface area contributed by atoms with Gasteiger partial charge in [0.25, 0.3) is 0 Å². The first kappa shape index (κ1) is 13.6. The number of nitrogens with one attached hydrogen (secondary N) is 1. The van der Waals surface area contributed by atoms with E-state index in [2.05, 4.69) is 34.7 Å². The van der Waals surface area contributed by atoms with Gasteiger partial charge in [-0.1, -0.05) is 25.1 Å². The van der Waals surface area contributed by atoms with Gasteiger partial charge in [0.2, 0.25) is 0 Å². The first-order chi connectivity index (χ1) is 9.85. The van der Waals surface area contributed by atoms with Gasteiger partial charge in [-0.15, -0.1) is 11.3 Å². The average molecular weight is 288 g/mol. The molecule has 1 N–H and O–H groups in total. The standard InChI is InChI=1S/C16H20N2OS/c1-2-12-5-3-4-6-15(12)19-10-14-11-20-16(18-14)9-17-13-7-8-13/h3-6,11,13,17H,2,7-10H2,1H3. The third-order valence-electron chi connectivity index (χ3n) is 3.45. The number of thiazole rings is 1. The second-order valence-electron chi connectivity index (χ2n) is 5.14. The number of nitrogens with zero attached hydrogens (tertiary/aromatic N) is 1. The molecule has 1 aliphatic rings. The summed E-state index contributed by atoms with van der Waals surface area (Å²) in [6, 6.07) is 8.94. The third-order valence-corrected chi connectivity index (χ3v) is 4.35. The third kappa shape index (κ3) is 3.58. The van der Waals surface area contributed by atoms with Crippen molar-refractivity contribution < 1.29 is 4.74 Å². The Labute approximate surface area is 124 Å². The van der Waals surface area contributed by atoms with Crippen LogP contribution in [0.2, 0.25) is 0 Å². The van der Waals surface area contributed by atoms with Gasteiger partial charge < -0.3 is 10.1 Å². The summed E-state index contributed by atoms with van der Waals surface area (Å²) in [6.45, 7) is 3.59. The molecule has 0 spiro atoms. The van der Waals surface area contributed by atoms with Crippen molar-refractivity contribution >= 4 is 11.3 Å². The molecule has 1 aromatic carbocycles. The zero-order chi connectivity index (χ0) is 13.8. The maximum absolute atomic E-state index is 5.89. The first-order valence-corrected chi connectivity index (χ1v) is 8.10. The Hall–Kier alpha value is -1.39. The Kier molecular flexibility index (Phi) is 4.33. The molecule has 0 bridgehead atoms. The fourth-order valence-corrected chi connectivity index (χ4v) is 2.83. The van der Waals surface area contributed by atoms with Gasteiger partial charge in [0.05, 0.1) is 5.69 Å². The van der Waals surface area contributed by atoms with Gasteiger partial charge in [-0.2, -0.15) is 0 Å². The minimum atomic E-state index is 0.553. The maximum atomic E-state index is 5.89. The van der Waals surface area contributed by atoms with Crippen molar-refractivity contribution in [1.29, 1.82) is 0 Å². The predicted octanol–water partition coefficient (Wildman–Crippen LogP) is 3.54. The highest BCUT2D eigenvalue weighted by Crippen LogP contribution is 2.21. The lowest BCUT2D eigenvalue weighted by Gasteiger charge is -2.08. The van der Waals surface area contributed by atoms with Crippen molar-refractivity contribution in [3.05, 3.63) is 45.9 Å². The molecule has 1 aliphatic carbocycles. The molecule has 1 saturated carbocycles. The lowest BCUT2D eigenvalue weighted by molar-refractivity contribution is 0.299. The molecule has 0 atom stereocenters. The number of ether oxygens (including phenoxy) is 1. The number of rotatable bonds is 7. The van der Waals surface area contributed by atoms with E-state index in [0.29, 0.717) is 6.61 Å². The second kappa shape index (κ2) is 6.37. The van der Waals surface area contributed by atoms with Crippen molar-refractivity contribution in [2.75, 3.05) is 0 Å². The maximum Gasteiger partial charge on any atom is 0.131 e. The molecule has 4 heteroatoms. The first-order valence-electron chi connectivity index (χ1n) is 7.22. The summed E-state index contributed by atoms with van der Waals surface area (Å²) in [7, 11) is 0. The highest BCUT2D eigenvalue weighted by atomic mass is 32.1. The van der Waals surface area contributed by atoms with Crippen LogP contribution in [-0.4, -0.2) is 11.0 Å². The molecule has 106 valence electrons. The number of hydrogen-bond acceptors (Lipinski definition) is 4. The van der Waals surface area contributed by atoms with E-state index in [1.54, 1.807) is 11.3 Å². The van der Waals surface area contributed by atoms with Crippen LogP contribution in [0.25, 0.3) is 0 Å². The Morgan fingerprint density at radius 3 is 3.00 bits per heavy atom. The highest BCUT2D eigenvalue weighted by Gasteiger charge is 2.20. The van der Waals surface area contributed by atoms with E-state index in [1.807, 2.05) is 12.1 Å². The Morgan fingerprint density at radius 1 is 1.35 bits per heavy atom. The number of aromatic nitrogens is 1. The van der Waals surface area contributed by atoms with E-state index < -0.39 is 0 Å². The summed E-state index contributed by atoms with van der Waals surface area (Å²) in [5, 5.41) is 6.73. The predicted molar refractivity (Wildman–Crippen MR) is 82.1 cm³/mol. The van der Waals surface area contributed by atoms with Crippen molar-refractivity contribution in [2.45, 2.75) is 45.4 Å². The van der Waals surface area contributed by atoms with E-state index in [4.69, 9.17) is 4.74 Å². The van der Waals surface area contributed by atoms with Gasteiger partial charge >= 0.3 is 0 Å². The molecule has 3 rings (SSSR count). The summed E-state index contributed by atoms with van der Waals surface area (Å²) >= 11 is 1.71. The zero-order valence-electron chi connectivity index (χ0n) is 11.8. The van der Waals surface area contributed by atoms with E-state index in [-0.39, 0.29) is 0 Å². The van der Waals surface area contributed by atoms with Gasteiger partial charge in [-0.05, 0) is 30.9 Å². The molecule has 1 fully saturated rings. The van der Waals surface area contributed by atoms with Crippen LogP contribution in [-0.2, 0) is 19.6 Å². The molecule has 0 saturated heterocycles. The second-order valence-corrected chi connectivity index (χ2v) is 6.08. The highest BCUT2D eigenvalue weighted by molar-refractivity contribution is 7.09. The van der Waals surface area contributed by atoms with Crippen LogP contribution in [0.4, 0.5) is 0 Å². The molecule has 1 heterocycles. The summed E-state index contributed by atoms with van der Waals surface area (Å²) in [4.78, 5) is 4.61.